The zero-order valence-corrected chi connectivity index (χ0v) is 13.7. The summed E-state index contributed by atoms with van der Waals surface area (Å²) in [5.74, 6) is 0. The van der Waals surface area contributed by atoms with Gasteiger partial charge in [-0.15, -0.1) is 0 Å². The fraction of sp³-hybridized carbons (Fsp3) is 0.438. The van der Waals surface area contributed by atoms with Gasteiger partial charge in [0.1, 0.15) is 0 Å². The van der Waals surface area contributed by atoms with Crippen molar-refractivity contribution in [3.8, 4) is 11.3 Å². The van der Waals surface area contributed by atoms with Gasteiger partial charge in [-0.3, -0.25) is 0 Å². The number of nitrogens with zero attached hydrogens (tertiary/aromatic N) is 3. The van der Waals surface area contributed by atoms with Gasteiger partial charge >= 0.3 is 0 Å². The molecule has 3 rings (SSSR count). The number of piperazine rings is 1. The predicted octanol–water partition coefficient (Wildman–Crippen LogP) is 2.61. The van der Waals surface area contributed by atoms with Crippen LogP contribution in [0.2, 0.25) is 0 Å². The van der Waals surface area contributed by atoms with Gasteiger partial charge in [0.15, 0.2) is 0 Å². The Morgan fingerprint density at radius 1 is 1.19 bits per heavy atom. The quantitative estimate of drug-likeness (QED) is 0.901. The second-order valence-corrected chi connectivity index (χ2v) is 6.34. The molecule has 1 N–H and O–H groups in total. The molecule has 0 aliphatic carbocycles. The largest absolute Gasteiger partial charge is 0.331 e. The molecule has 1 fully saturated rings. The van der Waals surface area contributed by atoms with Crippen molar-refractivity contribution >= 4 is 15.9 Å². The minimum atomic E-state index is 1.02. The van der Waals surface area contributed by atoms with E-state index in [-0.39, 0.29) is 0 Å². The van der Waals surface area contributed by atoms with Crippen molar-refractivity contribution in [3.05, 3.63) is 41.3 Å². The van der Waals surface area contributed by atoms with E-state index in [1.165, 1.54) is 24.3 Å². The molecule has 0 spiro atoms. The van der Waals surface area contributed by atoms with Crippen LogP contribution in [0.25, 0.3) is 11.3 Å². The highest BCUT2D eigenvalue weighted by Crippen LogP contribution is 2.22. The molecule has 4 nitrogen and oxygen atoms in total. The Balaban J connectivity index is 1.60. The molecule has 0 unspecified atom stereocenters. The number of halogens is 1. The number of benzene rings is 1. The van der Waals surface area contributed by atoms with Crippen LogP contribution < -0.4 is 5.32 Å². The summed E-state index contributed by atoms with van der Waals surface area (Å²) in [6.07, 6.45) is 5.05. The normalized spacial score (nSPS) is 16.2. The number of hydrogen-bond acceptors (Lipinski definition) is 3. The average Bonchev–Trinajstić information content (AvgIpc) is 2.97. The van der Waals surface area contributed by atoms with Crippen LogP contribution in [0.5, 0.6) is 0 Å². The molecule has 1 aromatic heterocycles. The number of hydrogen-bond donors (Lipinski definition) is 1. The monoisotopic (exact) mass is 348 g/mol. The summed E-state index contributed by atoms with van der Waals surface area (Å²) in [7, 11) is 0. The minimum absolute atomic E-state index is 1.02. The van der Waals surface area contributed by atoms with E-state index in [1.807, 2.05) is 12.5 Å². The maximum absolute atomic E-state index is 4.32. The lowest BCUT2D eigenvalue weighted by Crippen LogP contribution is -2.43. The summed E-state index contributed by atoms with van der Waals surface area (Å²) in [5.41, 5.74) is 2.40. The lowest BCUT2D eigenvalue weighted by molar-refractivity contribution is 0.235. The predicted molar refractivity (Wildman–Crippen MR) is 89.3 cm³/mol. The molecule has 1 aromatic carbocycles. The van der Waals surface area contributed by atoms with E-state index in [0.29, 0.717) is 0 Å². The Labute approximate surface area is 134 Å². The molecule has 1 aliphatic rings. The summed E-state index contributed by atoms with van der Waals surface area (Å²) in [6, 6.07) is 8.39. The van der Waals surface area contributed by atoms with Crippen molar-refractivity contribution in [2.45, 2.75) is 13.0 Å². The second kappa shape index (κ2) is 7.20. The summed E-state index contributed by atoms with van der Waals surface area (Å²) >= 11 is 3.53. The Hall–Kier alpha value is -1.17. The van der Waals surface area contributed by atoms with E-state index >= 15 is 0 Å². The van der Waals surface area contributed by atoms with Gasteiger partial charge in [0.05, 0.1) is 18.2 Å². The molecular weight excluding hydrogens is 328 g/mol. The number of aryl methyl sites for hydroxylation is 1. The molecule has 112 valence electrons. The summed E-state index contributed by atoms with van der Waals surface area (Å²) < 4.78 is 3.36. The molecule has 0 bridgehead atoms. The van der Waals surface area contributed by atoms with Crippen LogP contribution in [0.3, 0.4) is 0 Å². The maximum atomic E-state index is 4.32. The third-order valence-electron chi connectivity index (χ3n) is 3.92. The van der Waals surface area contributed by atoms with E-state index in [2.05, 4.69) is 60.0 Å². The third-order valence-corrected chi connectivity index (χ3v) is 4.41. The van der Waals surface area contributed by atoms with Gasteiger partial charge in [0.2, 0.25) is 0 Å². The van der Waals surface area contributed by atoms with Crippen molar-refractivity contribution in [1.82, 2.24) is 19.8 Å². The van der Waals surface area contributed by atoms with Gasteiger partial charge in [0, 0.05) is 42.8 Å². The zero-order valence-electron chi connectivity index (χ0n) is 12.1. The summed E-state index contributed by atoms with van der Waals surface area (Å²) in [6.45, 7) is 6.76. The lowest BCUT2D eigenvalue weighted by atomic mass is 10.1. The zero-order chi connectivity index (χ0) is 14.5. The standard InChI is InChI=1S/C16H21BrN4/c17-15-4-1-3-14(11-15)16-12-19-13-21(16)8-2-7-20-9-5-18-6-10-20/h1,3-4,11-13,18H,2,5-10H2. The van der Waals surface area contributed by atoms with E-state index in [0.717, 1.165) is 37.1 Å². The van der Waals surface area contributed by atoms with Crippen molar-refractivity contribution in [2.75, 3.05) is 32.7 Å². The molecule has 21 heavy (non-hydrogen) atoms. The number of aromatic nitrogens is 2. The van der Waals surface area contributed by atoms with Crippen LogP contribution in [-0.2, 0) is 6.54 Å². The SMILES string of the molecule is Brc1cccc(-c2cncn2CCCN2CCNCC2)c1. The van der Waals surface area contributed by atoms with E-state index in [1.54, 1.807) is 0 Å². The summed E-state index contributed by atoms with van der Waals surface area (Å²) in [5, 5.41) is 3.39. The summed E-state index contributed by atoms with van der Waals surface area (Å²) in [4.78, 5) is 6.85. The Morgan fingerprint density at radius 2 is 2.05 bits per heavy atom. The molecule has 1 saturated heterocycles. The van der Waals surface area contributed by atoms with Gasteiger partial charge in [0.25, 0.3) is 0 Å². The second-order valence-electron chi connectivity index (χ2n) is 5.43. The van der Waals surface area contributed by atoms with Crippen LogP contribution in [-0.4, -0.2) is 47.2 Å². The molecule has 0 saturated carbocycles. The first-order chi connectivity index (χ1) is 10.3. The molecular formula is C16H21BrN4. The third kappa shape index (κ3) is 3.93. The molecule has 2 aromatic rings. The van der Waals surface area contributed by atoms with Crippen LogP contribution in [0, 0.1) is 0 Å². The van der Waals surface area contributed by atoms with Gasteiger partial charge in [-0.1, -0.05) is 28.1 Å². The van der Waals surface area contributed by atoms with Gasteiger partial charge in [-0.2, -0.15) is 0 Å². The van der Waals surface area contributed by atoms with E-state index in [4.69, 9.17) is 0 Å². The molecule has 0 amide bonds. The minimum Gasteiger partial charge on any atom is -0.331 e. The van der Waals surface area contributed by atoms with E-state index < -0.39 is 0 Å². The van der Waals surface area contributed by atoms with Crippen molar-refractivity contribution in [1.29, 1.82) is 0 Å². The molecule has 2 heterocycles. The van der Waals surface area contributed by atoms with Crippen LogP contribution >= 0.6 is 15.9 Å². The van der Waals surface area contributed by atoms with Gasteiger partial charge in [-0.25, -0.2) is 4.98 Å². The molecule has 0 radical (unpaired) electrons. The molecule has 5 heteroatoms. The first-order valence-electron chi connectivity index (χ1n) is 7.52. The Bertz CT molecular complexity index is 575. The molecule has 1 aliphatic heterocycles. The van der Waals surface area contributed by atoms with Crippen molar-refractivity contribution in [3.63, 3.8) is 0 Å². The van der Waals surface area contributed by atoms with Gasteiger partial charge in [-0.05, 0) is 25.1 Å². The molecule has 0 atom stereocenters. The first-order valence-corrected chi connectivity index (χ1v) is 8.31. The van der Waals surface area contributed by atoms with E-state index in [9.17, 15) is 0 Å². The lowest BCUT2D eigenvalue weighted by Gasteiger charge is -2.27. The number of imidazole rings is 1. The topological polar surface area (TPSA) is 33.1 Å². The number of nitrogens with one attached hydrogen (secondary N) is 1. The van der Waals surface area contributed by atoms with Crippen molar-refractivity contribution < 1.29 is 0 Å². The van der Waals surface area contributed by atoms with Crippen LogP contribution in [0.15, 0.2) is 41.3 Å². The highest BCUT2D eigenvalue weighted by molar-refractivity contribution is 9.10. The fourth-order valence-electron chi connectivity index (χ4n) is 2.79. The smallest absolute Gasteiger partial charge is 0.0950 e. The van der Waals surface area contributed by atoms with Crippen LogP contribution in [0.1, 0.15) is 6.42 Å². The fourth-order valence-corrected chi connectivity index (χ4v) is 3.19. The van der Waals surface area contributed by atoms with Crippen LogP contribution in [0.4, 0.5) is 0 Å². The first kappa shape index (κ1) is 14.8. The maximum Gasteiger partial charge on any atom is 0.0950 e. The Kier molecular flexibility index (Phi) is 5.06. The average molecular weight is 349 g/mol. The van der Waals surface area contributed by atoms with Crippen molar-refractivity contribution in [2.24, 2.45) is 0 Å². The Morgan fingerprint density at radius 3 is 2.86 bits per heavy atom. The number of rotatable bonds is 5. The highest BCUT2D eigenvalue weighted by atomic mass is 79.9. The highest BCUT2D eigenvalue weighted by Gasteiger charge is 2.10. The van der Waals surface area contributed by atoms with Gasteiger partial charge < -0.3 is 14.8 Å².